The van der Waals surface area contributed by atoms with Gasteiger partial charge in [0.05, 0.1) is 6.10 Å². The molecule has 0 aromatic carbocycles. The summed E-state index contributed by atoms with van der Waals surface area (Å²) in [7, 11) is 0.750. The van der Waals surface area contributed by atoms with Crippen LogP contribution in [0.1, 0.15) is 40.0 Å². The van der Waals surface area contributed by atoms with Crippen LogP contribution >= 0.6 is 0 Å². The second-order valence-corrected chi connectivity index (χ2v) is 4.39. The number of rotatable bonds is 1. The van der Waals surface area contributed by atoms with Crippen LogP contribution in [-0.2, 0) is 0 Å². The van der Waals surface area contributed by atoms with Gasteiger partial charge in [-0.2, -0.15) is 7.11 Å². The molecule has 0 spiro atoms. The molecule has 3 heteroatoms. The Morgan fingerprint density at radius 2 is 1.71 bits per heavy atom. The summed E-state index contributed by atoms with van der Waals surface area (Å²) in [6.07, 6.45) is 3.52. The van der Waals surface area contributed by atoms with Gasteiger partial charge in [0.2, 0.25) is 0 Å². The van der Waals surface area contributed by atoms with Crippen LogP contribution in [0, 0.1) is 17.8 Å². The van der Waals surface area contributed by atoms with Gasteiger partial charge in [0.1, 0.15) is 0 Å². The summed E-state index contributed by atoms with van der Waals surface area (Å²) in [4.78, 5) is 0. The SMILES string of the molecule is CC1CCC(C(C)C)C(O)C1.C[O-].[Na+]. The van der Waals surface area contributed by atoms with Gasteiger partial charge in [0.15, 0.2) is 0 Å². The van der Waals surface area contributed by atoms with Crippen molar-refractivity contribution in [2.75, 3.05) is 7.11 Å². The van der Waals surface area contributed by atoms with E-state index in [4.69, 9.17) is 5.11 Å². The Balaban J connectivity index is 0. The molecule has 0 aromatic rings. The first kappa shape index (κ1) is 17.3. The largest absolute Gasteiger partial charge is 1.00 e. The molecule has 0 amide bonds. The zero-order valence-corrected chi connectivity index (χ0v) is 12.3. The second-order valence-electron chi connectivity index (χ2n) is 4.39. The topological polar surface area (TPSA) is 43.3 Å². The molecule has 2 nitrogen and oxygen atoms in total. The Labute approximate surface area is 110 Å². The Morgan fingerprint density at radius 1 is 1.21 bits per heavy atom. The van der Waals surface area contributed by atoms with E-state index >= 15 is 0 Å². The first-order valence-electron chi connectivity index (χ1n) is 5.20. The molecular weight excluding hydrogens is 187 g/mol. The van der Waals surface area contributed by atoms with Crippen molar-refractivity contribution < 1.29 is 39.8 Å². The summed E-state index contributed by atoms with van der Waals surface area (Å²) in [6, 6.07) is 0. The molecule has 1 aliphatic carbocycles. The Morgan fingerprint density at radius 3 is 2.07 bits per heavy atom. The molecule has 1 saturated carbocycles. The van der Waals surface area contributed by atoms with E-state index in [2.05, 4.69) is 20.8 Å². The van der Waals surface area contributed by atoms with Crippen LogP contribution in [0.15, 0.2) is 0 Å². The standard InChI is InChI=1S/C10H20O.CH3O.Na/c1-7(2)9-5-4-8(3)6-10(9)11;1-2;/h7-11H,4-6H2,1-3H3;1H3;/q;-1;+1. The molecule has 80 valence electrons. The van der Waals surface area contributed by atoms with Gasteiger partial charge in [0.25, 0.3) is 0 Å². The third kappa shape index (κ3) is 5.72. The van der Waals surface area contributed by atoms with Crippen LogP contribution in [0.3, 0.4) is 0 Å². The zero-order chi connectivity index (χ0) is 10.4. The van der Waals surface area contributed by atoms with Crippen LogP contribution in [0.5, 0.6) is 0 Å². The average molecular weight is 210 g/mol. The molecule has 3 unspecified atom stereocenters. The predicted octanol–water partition coefficient (Wildman–Crippen LogP) is -1.58. The van der Waals surface area contributed by atoms with E-state index in [0.717, 1.165) is 19.4 Å². The first-order valence-corrected chi connectivity index (χ1v) is 5.20. The molecule has 1 N–H and O–H groups in total. The minimum Gasteiger partial charge on any atom is -0.857 e. The van der Waals surface area contributed by atoms with Gasteiger partial charge >= 0.3 is 29.6 Å². The molecule has 0 aromatic heterocycles. The fourth-order valence-corrected chi connectivity index (χ4v) is 2.15. The maximum absolute atomic E-state index is 9.71. The number of hydrogen-bond acceptors (Lipinski definition) is 2. The molecule has 1 fully saturated rings. The van der Waals surface area contributed by atoms with E-state index in [0.29, 0.717) is 11.8 Å². The molecule has 1 aliphatic rings. The van der Waals surface area contributed by atoms with Gasteiger partial charge < -0.3 is 10.2 Å². The van der Waals surface area contributed by atoms with Gasteiger partial charge in [-0.1, -0.05) is 27.2 Å². The Kier molecular flexibility index (Phi) is 11.3. The van der Waals surface area contributed by atoms with Crippen LogP contribution < -0.4 is 34.7 Å². The van der Waals surface area contributed by atoms with E-state index in [1.807, 2.05) is 0 Å². The molecule has 1 rings (SSSR count). The summed E-state index contributed by atoms with van der Waals surface area (Å²) < 4.78 is 0. The van der Waals surface area contributed by atoms with Crippen molar-refractivity contribution >= 4 is 0 Å². The molecule has 3 atom stereocenters. The molecule has 0 aliphatic heterocycles. The van der Waals surface area contributed by atoms with E-state index in [-0.39, 0.29) is 35.7 Å². The fraction of sp³-hybridized carbons (Fsp3) is 1.00. The van der Waals surface area contributed by atoms with Crippen LogP contribution in [0.25, 0.3) is 0 Å². The third-order valence-corrected chi connectivity index (χ3v) is 2.99. The molecule has 14 heavy (non-hydrogen) atoms. The van der Waals surface area contributed by atoms with Crippen molar-refractivity contribution in [3.8, 4) is 0 Å². The monoisotopic (exact) mass is 210 g/mol. The quantitative estimate of drug-likeness (QED) is 0.531. The van der Waals surface area contributed by atoms with Crippen molar-refractivity contribution in [1.82, 2.24) is 0 Å². The molecule has 0 bridgehead atoms. The van der Waals surface area contributed by atoms with Crippen LogP contribution in [0.2, 0.25) is 0 Å². The van der Waals surface area contributed by atoms with E-state index in [1.54, 1.807) is 0 Å². The number of aliphatic hydroxyl groups excluding tert-OH is 1. The van der Waals surface area contributed by atoms with Crippen molar-refractivity contribution in [2.24, 2.45) is 17.8 Å². The van der Waals surface area contributed by atoms with Gasteiger partial charge in [-0.15, -0.1) is 0 Å². The number of hydrogen-bond donors (Lipinski definition) is 1. The van der Waals surface area contributed by atoms with Crippen molar-refractivity contribution in [1.29, 1.82) is 0 Å². The normalized spacial score (nSPS) is 31.5. The minimum atomic E-state index is -0.0289. The maximum Gasteiger partial charge on any atom is 1.00 e. The van der Waals surface area contributed by atoms with Crippen LogP contribution in [0.4, 0.5) is 0 Å². The molecular formula is C11H23NaO2. The maximum atomic E-state index is 9.71. The third-order valence-electron chi connectivity index (χ3n) is 2.99. The van der Waals surface area contributed by atoms with Crippen molar-refractivity contribution in [2.45, 2.75) is 46.1 Å². The summed E-state index contributed by atoms with van der Waals surface area (Å²) in [5.74, 6) is 1.95. The first-order chi connectivity index (χ1) is 6.11. The van der Waals surface area contributed by atoms with Gasteiger partial charge in [0, 0.05) is 0 Å². The summed E-state index contributed by atoms with van der Waals surface area (Å²) in [5.41, 5.74) is 0. The van der Waals surface area contributed by atoms with Gasteiger partial charge in [-0.3, -0.25) is 0 Å². The van der Waals surface area contributed by atoms with Crippen LogP contribution in [-0.4, -0.2) is 18.3 Å². The van der Waals surface area contributed by atoms with Crippen molar-refractivity contribution in [3.63, 3.8) is 0 Å². The second kappa shape index (κ2) is 9.17. The smallest absolute Gasteiger partial charge is 0.857 e. The average Bonchev–Trinajstić information content (AvgIpc) is 2.07. The number of aliphatic hydroxyl groups is 1. The molecule has 0 heterocycles. The summed E-state index contributed by atoms with van der Waals surface area (Å²) >= 11 is 0. The Bertz CT molecular complexity index is 128. The van der Waals surface area contributed by atoms with Crippen molar-refractivity contribution in [3.05, 3.63) is 0 Å². The minimum absolute atomic E-state index is 0. The van der Waals surface area contributed by atoms with Gasteiger partial charge in [-0.25, -0.2) is 0 Å². The summed E-state index contributed by atoms with van der Waals surface area (Å²) in [6.45, 7) is 6.66. The van der Waals surface area contributed by atoms with E-state index in [9.17, 15) is 5.11 Å². The van der Waals surface area contributed by atoms with E-state index < -0.39 is 0 Å². The van der Waals surface area contributed by atoms with E-state index in [1.165, 1.54) is 12.8 Å². The predicted molar refractivity (Wildman–Crippen MR) is 53.3 cm³/mol. The molecule has 0 radical (unpaired) electrons. The van der Waals surface area contributed by atoms with Gasteiger partial charge in [-0.05, 0) is 30.6 Å². The molecule has 0 saturated heterocycles. The summed E-state index contributed by atoms with van der Waals surface area (Å²) in [5, 5.41) is 18.0. The fourth-order valence-electron chi connectivity index (χ4n) is 2.15. The Hall–Kier alpha value is 0.920. The zero-order valence-electron chi connectivity index (χ0n) is 10.3.